The van der Waals surface area contributed by atoms with Crippen LogP contribution in [0.3, 0.4) is 0 Å². The average molecular weight is 162 g/mol. The molecule has 0 aliphatic carbocycles. The summed E-state index contributed by atoms with van der Waals surface area (Å²) in [6, 6.07) is 0. The van der Waals surface area contributed by atoms with Gasteiger partial charge < -0.3 is 19.8 Å². The van der Waals surface area contributed by atoms with Gasteiger partial charge in [-0.1, -0.05) is 0 Å². The molecule has 0 fully saturated rings. The maximum atomic E-state index is 9.24. The molecule has 6 nitrogen and oxygen atoms in total. The molecule has 0 saturated carbocycles. The van der Waals surface area contributed by atoms with E-state index in [1.807, 2.05) is 0 Å². The second kappa shape index (κ2) is 9.54. The molecule has 8 heteroatoms. The molecule has 0 N–H and O–H groups in total. The van der Waals surface area contributed by atoms with E-state index in [1.165, 1.54) is 0 Å². The van der Waals surface area contributed by atoms with E-state index in [0.717, 1.165) is 0 Å². The number of rotatable bonds is 0. The molecule has 0 rings (SSSR count). The van der Waals surface area contributed by atoms with E-state index in [0.29, 0.717) is 0 Å². The number of carbonyl (C=O) groups excluding carboxylic acids is 2. The van der Waals surface area contributed by atoms with E-state index >= 15 is 0 Å². The molecule has 2 amide bonds. The Kier molecular flexibility index (Phi) is 16.1. The zero-order valence-electron chi connectivity index (χ0n) is 5.53. The van der Waals surface area contributed by atoms with Crippen LogP contribution in [0.5, 0.6) is 0 Å². The Bertz CT molecular complexity index is 130. The number of nitrogens with zero attached hydrogens (tertiary/aromatic N) is 2. The van der Waals surface area contributed by atoms with Crippen LogP contribution in [-0.4, -0.2) is 12.2 Å². The first-order chi connectivity index (χ1) is 3.63. The molecule has 10 heavy (non-hydrogen) atoms. The first-order valence-electron chi connectivity index (χ1n) is 1.46. The van der Waals surface area contributed by atoms with E-state index < -0.39 is 12.2 Å². The summed E-state index contributed by atoms with van der Waals surface area (Å²) in [5, 5.41) is 22.7. The normalized spacial score (nSPS) is 7.60. The van der Waals surface area contributed by atoms with Crippen LogP contribution in [0.4, 0.5) is 9.59 Å². The molecular weight excluding hydrogens is 162 g/mol. The van der Waals surface area contributed by atoms with Crippen LogP contribution in [0, 0.1) is 0 Å². The standard InChI is InChI=1S/C2H2N2O4.2Na/c5-1(6)3-4-2(7)8;;/h(H,5,6)(H,7,8);;/q;2*+1/p-2. The van der Waals surface area contributed by atoms with Crippen molar-refractivity contribution in [2.24, 2.45) is 10.2 Å². The molecule has 0 aromatic carbocycles. The van der Waals surface area contributed by atoms with E-state index in [1.54, 1.807) is 0 Å². The third kappa shape index (κ3) is 15.8. The predicted octanol–water partition coefficient (Wildman–Crippen LogP) is -7.87. The first-order valence-corrected chi connectivity index (χ1v) is 1.46. The summed E-state index contributed by atoms with van der Waals surface area (Å²) in [5.74, 6) is 0. The quantitative estimate of drug-likeness (QED) is 0.260. The first kappa shape index (κ1) is 16.9. The number of hydrogen-bond donors (Lipinski definition) is 0. The second-order valence-corrected chi connectivity index (χ2v) is 0.732. The summed E-state index contributed by atoms with van der Waals surface area (Å²) in [7, 11) is 0. The van der Waals surface area contributed by atoms with Gasteiger partial charge in [-0.15, -0.1) is 10.2 Å². The third-order valence-corrected chi connectivity index (χ3v) is 0.213. The fourth-order valence-electron chi connectivity index (χ4n) is 0.0816. The zero-order chi connectivity index (χ0) is 6.57. The summed E-state index contributed by atoms with van der Waals surface area (Å²) in [5.41, 5.74) is 0. The van der Waals surface area contributed by atoms with Crippen molar-refractivity contribution in [2.75, 3.05) is 0 Å². The average Bonchev–Trinajstić information content (AvgIpc) is 1.61. The largest absolute Gasteiger partial charge is 1.00 e. The number of carboxylic acid groups (broad SMARTS) is 2. The van der Waals surface area contributed by atoms with Crippen LogP contribution in [0.1, 0.15) is 0 Å². The molecule has 0 atom stereocenters. The second-order valence-electron chi connectivity index (χ2n) is 0.732. The van der Waals surface area contributed by atoms with Crippen molar-refractivity contribution in [3.05, 3.63) is 0 Å². The Morgan fingerprint density at radius 3 is 1.20 bits per heavy atom. The molecule has 0 bridgehead atoms. The number of hydrogen-bond acceptors (Lipinski definition) is 4. The van der Waals surface area contributed by atoms with Crippen LogP contribution in [0.15, 0.2) is 10.2 Å². The molecular formula is C2N2Na2O4. The summed E-state index contributed by atoms with van der Waals surface area (Å²) in [6.45, 7) is 0. The van der Waals surface area contributed by atoms with Gasteiger partial charge in [0.15, 0.2) is 12.2 Å². The predicted molar refractivity (Wildman–Crippen MR) is 15.6 cm³/mol. The van der Waals surface area contributed by atoms with Crippen molar-refractivity contribution in [3.63, 3.8) is 0 Å². The van der Waals surface area contributed by atoms with Crippen LogP contribution in [-0.2, 0) is 0 Å². The van der Waals surface area contributed by atoms with Crippen molar-refractivity contribution in [1.82, 2.24) is 0 Å². The molecule has 0 spiro atoms. The van der Waals surface area contributed by atoms with Gasteiger partial charge in [-0.05, 0) is 0 Å². The van der Waals surface area contributed by atoms with Gasteiger partial charge in [-0.3, -0.25) is 0 Å². The fraction of sp³-hybridized carbons (Fsp3) is 0. The van der Waals surface area contributed by atoms with Crippen molar-refractivity contribution in [3.8, 4) is 0 Å². The third-order valence-electron chi connectivity index (χ3n) is 0.213. The molecule has 0 aliphatic rings. The summed E-state index contributed by atoms with van der Waals surface area (Å²) < 4.78 is 0. The minimum atomic E-state index is -1.91. The van der Waals surface area contributed by atoms with E-state index in [4.69, 9.17) is 0 Å². The summed E-state index contributed by atoms with van der Waals surface area (Å²) in [4.78, 5) is 18.5. The van der Waals surface area contributed by atoms with Crippen LogP contribution in [0.2, 0.25) is 0 Å². The van der Waals surface area contributed by atoms with Crippen LogP contribution < -0.4 is 69.3 Å². The molecule has 0 aromatic rings. The van der Waals surface area contributed by atoms with Crippen molar-refractivity contribution in [2.45, 2.75) is 0 Å². The van der Waals surface area contributed by atoms with Gasteiger partial charge in [0.25, 0.3) is 0 Å². The van der Waals surface area contributed by atoms with Gasteiger partial charge in [-0.25, -0.2) is 0 Å². The number of carbonyl (C=O) groups is 2. The topological polar surface area (TPSA) is 105 Å². The van der Waals surface area contributed by atoms with E-state index in [2.05, 4.69) is 10.2 Å². The summed E-state index contributed by atoms with van der Waals surface area (Å²) in [6.07, 6.45) is -3.82. The molecule has 0 aliphatic heterocycles. The number of azo groups is 1. The molecule has 0 aromatic heterocycles. The Balaban J connectivity index is -0.000000245. The fourth-order valence-corrected chi connectivity index (χ4v) is 0.0816. The molecule has 0 heterocycles. The SMILES string of the molecule is O=C([O-])N=NC(=O)[O-].[Na+].[Na+]. The van der Waals surface area contributed by atoms with Gasteiger partial charge in [0.05, 0.1) is 0 Å². The van der Waals surface area contributed by atoms with E-state index in [-0.39, 0.29) is 59.1 Å². The molecule has 44 valence electrons. The minimum Gasteiger partial charge on any atom is -0.527 e. The Labute approximate surface area is 100 Å². The minimum absolute atomic E-state index is 0. The van der Waals surface area contributed by atoms with E-state index in [9.17, 15) is 19.8 Å². The zero-order valence-corrected chi connectivity index (χ0v) is 9.53. The van der Waals surface area contributed by atoms with Crippen molar-refractivity contribution < 1.29 is 78.9 Å². The van der Waals surface area contributed by atoms with Crippen molar-refractivity contribution >= 4 is 12.2 Å². The van der Waals surface area contributed by atoms with Gasteiger partial charge in [0.1, 0.15) is 0 Å². The number of amides is 2. The van der Waals surface area contributed by atoms with Gasteiger partial charge in [-0.2, -0.15) is 0 Å². The molecule has 0 saturated heterocycles. The molecule has 0 unspecified atom stereocenters. The van der Waals surface area contributed by atoms with Crippen LogP contribution in [0.25, 0.3) is 0 Å². The maximum absolute atomic E-state index is 9.24. The van der Waals surface area contributed by atoms with Gasteiger partial charge >= 0.3 is 59.1 Å². The Morgan fingerprint density at radius 2 is 1.10 bits per heavy atom. The van der Waals surface area contributed by atoms with Gasteiger partial charge in [0.2, 0.25) is 0 Å². The smallest absolute Gasteiger partial charge is 0.527 e. The Hall–Kier alpha value is 0.540. The van der Waals surface area contributed by atoms with Crippen LogP contribution >= 0.6 is 0 Å². The van der Waals surface area contributed by atoms with Crippen molar-refractivity contribution in [1.29, 1.82) is 0 Å². The maximum Gasteiger partial charge on any atom is 1.00 e. The summed E-state index contributed by atoms with van der Waals surface area (Å²) >= 11 is 0. The Morgan fingerprint density at radius 1 is 0.900 bits per heavy atom. The van der Waals surface area contributed by atoms with Gasteiger partial charge in [0, 0.05) is 0 Å². The monoisotopic (exact) mass is 162 g/mol. The molecule has 0 radical (unpaired) electrons.